The van der Waals surface area contributed by atoms with Gasteiger partial charge in [-0.05, 0) is 29.9 Å². The lowest BCUT2D eigenvalue weighted by Crippen LogP contribution is -2.25. The van der Waals surface area contributed by atoms with E-state index in [1.54, 1.807) is 24.3 Å². The fraction of sp³-hybridized carbons (Fsp3) is 0.167. The summed E-state index contributed by atoms with van der Waals surface area (Å²) < 4.78 is 38.3. The predicted molar refractivity (Wildman–Crippen MR) is 71.4 cm³/mol. The van der Waals surface area contributed by atoms with Crippen molar-refractivity contribution in [3.8, 4) is 0 Å². The number of H-pyrrole nitrogens is 1. The quantitative estimate of drug-likeness (QED) is 0.858. The van der Waals surface area contributed by atoms with Crippen LogP contribution in [-0.2, 0) is 12.7 Å². The minimum absolute atomic E-state index is 0.0729. The molecule has 0 spiro atoms. The SMILES string of the molecule is O=c1cc(C(F)(F)F)[nH]c(=S)n1Cc1ccc(Cl)cc1. The summed E-state index contributed by atoms with van der Waals surface area (Å²) in [4.78, 5) is 13.7. The van der Waals surface area contributed by atoms with Gasteiger partial charge in [0.2, 0.25) is 0 Å². The molecule has 106 valence electrons. The van der Waals surface area contributed by atoms with Crippen LogP contribution >= 0.6 is 23.8 Å². The number of alkyl halides is 3. The Morgan fingerprint density at radius 3 is 2.35 bits per heavy atom. The summed E-state index contributed by atoms with van der Waals surface area (Å²) in [6.07, 6.45) is -4.63. The standard InChI is InChI=1S/C12H8ClF3N2OS/c13-8-3-1-7(2-4-8)6-18-10(19)5-9(12(14,15)16)17-11(18)20/h1-5H,6H2,(H,17,20). The van der Waals surface area contributed by atoms with Crippen LogP contribution in [0.25, 0.3) is 0 Å². The van der Waals surface area contributed by atoms with Gasteiger partial charge in [0.15, 0.2) is 4.77 Å². The molecule has 8 heteroatoms. The molecule has 1 heterocycles. The topological polar surface area (TPSA) is 37.8 Å². The molecule has 20 heavy (non-hydrogen) atoms. The number of benzene rings is 1. The summed E-state index contributed by atoms with van der Waals surface area (Å²) >= 11 is 10.5. The highest BCUT2D eigenvalue weighted by Gasteiger charge is 2.32. The van der Waals surface area contributed by atoms with Crippen molar-refractivity contribution in [3.63, 3.8) is 0 Å². The van der Waals surface area contributed by atoms with Crippen molar-refractivity contribution in [3.05, 3.63) is 61.7 Å². The Hall–Kier alpha value is -1.60. The third kappa shape index (κ3) is 3.29. The molecule has 1 N–H and O–H groups in total. The van der Waals surface area contributed by atoms with E-state index in [2.05, 4.69) is 0 Å². The van der Waals surface area contributed by atoms with Crippen LogP contribution in [0.3, 0.4) is 0 Å². The van der Waals surface area contributed by atoms with Crippen LogP contribution < -0.4 is 5.56 Å². The van der Waals surface area contributed by atoms with E-state index in [9.17, 15) is 18.0 Å². The van der Waals surface area contributed by atoms with E-state index in [1.807, 2.05) is 4.98 Å². The summed E-state index contributed by atoms with van der Waals surface area (Å²) in [6, 6.07) is 7.08. The minimum atomic E-state index is -4.63. The second-order valence-electron chi connectivity index (χ2n) is 4.04. The van der Waals surface area contributed by atoms with Crippen molar-refractivity contribution < 1.29 is 13.2 Å². The van der Waals surface area contributed by atoms with Crippen molar-refractivity contribution in [1.82, 2.24) is 9.55 Å². The number of rotatable bonds is 2. The lowest BCUT2D eigenvalue weighted by Gasteiger charge is -2.10. The van der Waals surface area contributed by atoms with Crippen LogP contribution in [0.2, 0.25) is 5.02 Å². The van der Waals surface area contributed by atoms with E-state index in [-0.39, 0.29) is 11.3 Å². The monoisotopic (exact) mass is 320 g/mol. The van der Waals surface area contributed by atoms with Gasteiger partial charge in [-0.3, -0.25) is 9.36 Å². The van der Waals surface area contributed by atoms with Gasteiger partial charge in [0.1, 0.15) is 5.69 Å². The van der Waals surface area contributed by atoms with Crippen LogP contribution in [0.15, 0.2) is 35.1 Å². The maximum absolute atomic E-state index is 12.5. The third-order valence-electron chi connectivity index (χ3n) is 2.58. The summed E-state index contributed by atoms with van der Waals surface area (Å²) in [5.41, 5.74) is -1.26. The molecule has 0 saturated carbocycles. The Balaban J connectivity index is 2.41. The Morgan fingerprint density at radius 2 is 1.85 bits per heavy atom. The second-order valence-corrected chi connectivity index (χ2v) is 4.86. The summed E-state index contributed by atoms with van der Waals surface area (Å²) in [6.45, 7) is 0.0729. The molecule has 0 aliphatic heterocycles. The molecule has 0 unspecified atom stereocenters. The largest absolute Gasteiger partial charge is 0.431 e. The second kappa shape index (κ2) is 5.41. The van der Waals surface area contributed by atoms with Gasteiger partial charge in [0.25, 0.3) is 5.56 Å². The van der Waals surface area contributed by atoms with Gasteiger partial charge in [0.05, 0.1) is 6.54 Å². The molecule has 2 aromatic rings. The Bertz CT molecular complexity index is 703. The van der Waals surface area contributed by atoms with E-state index in [1.165, 1.54) is 0 Å². The maximum atomic E-state index is 12.5. The van der Waals surface area contributed by atoms with Crippen molar-refractivity contribution in [1.29, 1.82) is 0 Å². The molecule has 2 rings (SSSR count). The zero-order chi connectivity index (χ0) is 14.9. The van der Waals surface area contributed by atoms with Crippen molar-refractivity contribution in [2.24, 2.45) is 0 Å². The van der Waals surface area contributed by atoms with Gasteiger partial charge in [-0.25, -0.2) is 0 Å². The zero-order valence-electron chi connectivity index (χ0n) is 9.87. The van der Waals surface area contributed by atoms with Crippen LogP contribution in [-0.4, -0.2) is 9.55 Å². The normalized spacial score (nSPS) is 11.6. The van der Waals surface area contributed by atoms with Gasteiger partial charge in [0, 0.05) is 11.1 Å². The molecular formula is C12H8ClF3N2OS. The fourth-order valence-corrected chi connectivity index (χ4v) is 1.99. The first-order valence-electron chi connectivity index (χ1n) is 5.43. The highest BCUT2D eigenvalue weighted by atomic mass is 35.5. The zero-order valence-corrected chi connectivity index (χ0v) is 11.4. The fourth-order valence-electron chi connectivity index (χ4n) is 1.60. The molecule has 0 radical (unpaired) electrons. The highest BCUT2D eigenvalue weighted by molar-refractivity contribution is 7.71. The van der Waals surface area contributed by atoms with Crippen molar-refractivity contribution in [2.75, 3.05) is 0 Å². The Morgan fingerprint density at radius 1 is 1.25 bits per heavy atom. The lowest BCUT2D eigenvalue weighted by molar-refractivity contribution is -0.141. The van der Waals surface area contributed by atoms with Crippen LogP contribution in [0, 0.1) is 4.77 Å². The van der Waals surface area contributed by atoms with Crippen LogP contribution in [0.4, 0.5) is 13.2 Å². The summed E-state index contributed by atoms with van der Waals surface area (Å²) in [5, 5.41) is 0.527. The average molecular weight is 321 g/mol. The number of halogens is 4. The van der Waals surface area contributed by atoms with Gasteiger partial charge in [-0.2, -0.15) is 13.2 Å². The number of aromatic nitrogens is 2. The molecular weight excluding hydrogens is 313 g/mol. The molecule has 1 aromatic heterocycles. The summed E-state index contributed by atoms with van der Waals surface area (Å²) in [7, 11) is 0. The molecule has 0 fully saturated rings. The van der Waals surface area contributed by atoms with E-state index >= 15 is 0 Å². The molecule has 0 aliphatic carbocycles. The van der Waals surface area contributed by atoms with Crippen molar-refractivity contribution in [2.45, 2.75) is 12.7 Å². The first kappa shape index (κ1) is 14.8. The van der Waals surface area contributed by atoms with Crippen LogP contribution in [0.5, 0.6) is 0 Å². The van der Waals surface area contributed by atoms with Gasteiger partial charge in [-0.15, -0.1) is 0 Å². The minimum Gasteiger partial charge on any atom is -0.328 e. The van der Waals surface area contributed by atoms with Crippen LogP contribution in [0.1, 0.15) is 11.3 Å². The van der Waals surface area contributed by atoms with Gasteiger partial charge >= 0.3 is 6.18 Å². The van der Waals surface area contributed by atoms with Crippen molar-refractivity contribution >= 4 is 23.8 Å². The molecule has 0 aliphatic rings. The van der Waals surface area contributed by atoms with Gasteiger partial charge < -0.3 is 4.98 Å². The van der Waals surface area contributed by atoms with E-state index in [0.29, 0.717) is 16.7 Å². The number of nitrogens with zero attached hydrogens (tertiary/aromatic N) is 1. The molecule has 0 amide bonds. The lowest BCUT2D eigenvalue weighted by atomic mass is 10.2. The predicted octanol–water partition coefficient (Wildman–Crippen LogP) is 3.63. The van der Waals surface area contributed by atoms with E-state index in [0.717, 1.165) is 4.57 Å². The smallest absolute Gasteiger partial charge is 0.328 e. The summed E-state index contributed by atoms with van der Waals surface area (Å²) in [5.74, 6) is 0. The highest BCUT2D eigenvalue weighted by Crippen LogP contribution is 2.26. The first-order valence-corrected chi connectivity index (χ1v) is 6.22. The Kier molecular flexibility index (Phi) is 4.01. The molecule has 0 saturated heterocycles. The molecule has 0 atom stereocenters. The first-order chi connectivity index (χ1) is 9.27. The molecule has 0 bridgehead atoms. The number of nitrogens with one attached hydrogen (secondary N) is 1. The number of hydrogen-bond acceptors (Lipinski definition) is 2. The van der Waals surface area contributed by atoms with E-state index in [4.69, 9.17) is 23.8 Å². The number of hydrogen-bond donors (Lipinski definition) is 1. The maximum Gasteiger partial charge on any atom is 0.431 e. The average Bonchev–Trinajstić information content (AvgIpc) is 2.34. The third-order valence-corrected chi connectivity index (χ3v) is 3.15. The molecule has 1 aromatic carbocycles. The Labute approximate surface area is 121 Å². The van der Waals surface area contributed by atoms with E-state index < -0.39 is 17.4 Å². The number of aromatic amines is 1. The molecule has 3 nitrogen and oxygen atoms in total. The van der Waals surface area contributed by atoms with Gasteiger partial charge in [-0.1, -0.05) is 23.7 Å².